The molecule has 13 heavy (non-hydrogen) atoms. The SMILES string of the molecule is NC1=CC=CN(c2cccnc2)C1. The van der Waals surface area contributed by atoms with Gasteiger partial charge >= 0.3 is 0 Å². The van der Waals surface area contributed by atoms with Crippen LogP contribution in [0.2, 0.25) is 0 Å². The molecule has 0 saturated carbocycles. The number of rotatable bonds is 1. The van der Waals surface area contributed by atoms with E-state index in [1.165, 1.54) is 0 Å². The summed E-state index contributed by atoms with van der Waals surface area (Å²) in [6, 6.07) is 3.92. The van der Waals surface area contributed by atoms with Crippen molar-refractivity contribution in [3.05, 3.63) is 48.6 Å². The van der Waals surface area contributed by atoms with E-state index in [4.69, 9.17) is 5.73 Å². The Hall–Kier alpha value is -1.77. The second-order valence-electron chi connectivity index (χ2n) is 2.92. The predicted octanol–water partition coefficient (Wildman–Crippen LogP) is 1.26. The van der Waals surface area contributed by atoms with Crippen LogP contribution in [0.4, 0.5) is 5.69 Å². The number of anilines is 1. The van der Waals surface area contributed by atoms with Crippen molar-refractivity contribution in [1.82, 2.24) is 4.98 Å². The van der Waals surface area contributed by atoms with E-state index in [9.17, 15) is 0 Å². The summed E-state index contributed by atoms with van der Waals surface area (Å²) in [5.41, 5.74) is 7.64. The molecule has 2 N–H and O–H groups in total. The van der Waals surface area contributed by atoms with Gasteiger partial charge in [0.2, 0.25) is 0 Å². The van der Waals surface area contributed by atoms with Crippen molar-refractivity contribution in [3.63, 3.8) is 0 Å². The largest absolute Gasteiger partial charge is 0.401 e. The van der Waals surface area contributed by atoms with Crippen molar-refractivity contribution < 1.29 is 0 Å². The highest BCUT2D eigenvalue weighted by atomic mass is 15.1. The fourth-order valence-electron chi connectivity index (χ4n) is 1.27. The second kappa shape index (κ2) is 3.31. The summed E-state index contributed by atoms with van der Waals surface area (Å²) in [6.45, 7) is 0.738. The summed E-state index contributed by atoms with van der Waals surface area (Å²) >= 11 is 0. The lowest BCUT2D eigenvalue weighted by Gasteiger charge is -2.22. The fraction of sp³-hybridized carbons (Fsp3) is 0.100. The van der Waals surface area contributed by atoms with Crippen molar-refractivity contribution in [2.45, 2.75) is 0 Å². The van der Waals surface area contributed by atoms with Gasteiger partial charge < -0.3 is 10.6 Å². The third-order valence-corrected chi connectivity index (χ3v) is 1.91. The summed E-state index contributed by atoms with van der Waals surface area (Å²) in [6.07, 6.45) is 9.42. The van der Waals surface area contributed by atoms with E-state index in [0.29, 0.717) is 0 Å². The van der Waals surface area contributed by atoms with E-state index < -0.39 is 0 Å². The molecule has 0 amide bonds. The van der Waals surface area contributed by atoms with Crippen LogP contribution in [0.3, 0.4) is 0 Å². The van der Waals surface area contributed by atoms with Crippen molar-refractivity contribution >= 4 is 5.69 Å². The molecular formula is C10H11N3. The first-order chi connectivity index (χ1) is 6.36. The molecule has 0 bridgehead atoms. The van der Waals surface area contributed by atoms with Crippen molar-refractivity contribution in [1.29, 1.82) is 0 Å². The third-order valence-electron chi connectivity index (χ3n) is 1.91. The van der Waals surface area contributed by atoms with Crippen LogP contribution in [0.1, 0.15) is 0 Å². The normalized spacial score (nSPS) is 15.7. The highest BCUT2D eigenvalue weighted by Gasteiger charge is 2.05. The van der Waals surface area contributed by atoms with Crippen LogP contribution in [-0.4, -0.2) is 11.5 Å². The average Bonchev–Trinajstić information content (AvgIpc) is 2.19. The maximum atomic E-state index is 5.71. The van der Waals surface area contributed by atoms with Gasteiger partial charge in [0.15, 0.2) is 0 Å². The lowest BCUT2D eigenvalue weighted by atomic mass is 10.2. The summed E-state index contributed by atoms with van der Waals surface area (Å²) in [5.74, 6) is 0. The molecule has 0 aromatic carbocycles. The molecule has 0 atom stereocenters. The van der Waals surface area contributed by atoms with Gasteiger partial charge in [-0.15, -0.1) is 0 Å². The lowest BCUT2D eigenvalue weighted by molar-refractivity contribution is 0.988. The van der Waals surface area contributed by atoms with Gasteiger partial charge in [0, 0.05) is 18.1 Å². The summed E-state index contributed by atoms with van der Waals surface area (Å²) < 4.78 is 0. The minimum absolute atomic E-state index is 0.738. The average molecular weight is 173 g/mol. The molecular weight excluding hydrogens is 162 g/mol. The third kappa shape index (κ3) is 1.69. The molecule has 0 saturated heterocycles. The Balaban J connectivity index is 2.21. The number of allylic oxidation sites excluding steroid dienone is 2. The van der Waals surface area contributed by atoms with Gasteiger partial charge in [-0.2, -0.15) is 0 Å². The molecule has 0 fully saturated rings. The Labute approximate surface area is 77.2 Å². The maximum Gasteiger partial charge on any atom is 0.0621 e. The van der Waals surface area contributed by atoms with Crippen LogP contribution >= 0.6 is 0 Å². The molecule has 2 rings (SSSR count). The number of pyridine rings is 1. The molecule has 1 aliphatic rings. The van der Waals surface area contributed by atoms with Gasteiger partial charge in [-0.1, -0.05) is 0 Å². The van der Waals surface area contributed by atoms with Gasteiger partial charge in [0.05, 0.1) is 18.4 Å². The van der Waals surface area contributed by atoms with E-state index >= 15 is 0 Å². The molecule has 2 heterocycles. The Morgan fingerprint density at radius 2 is 2.38 bits per heavy atom. The first kappa shape index (κ1) is 7.86. The predicted molar refractivity (Wildman–Crippen MR) is 53.0 cm³/mol. The molecule has 3 heteroatoms. The summed E-state index contributed by atoms with van der Waals surface area (Å²) in [7, 11) is 0. The number of nitrogens with zero attached hydrogens (tertiary/aromatic N) is 2. The van der Waals surface area contributed by atoms with Gasteiger partial charge in [-0.05, 0) is 24.3 Å². The molecule has 0 aliphatic carbocycles. The number of hydrogen-bond donors (Lipinski definition) is 1. The Bertz CT molecular complexity index is 340. The highest BCUT2D eigenvalue weighted by Crippen LogP contribution is 2.15. The van der Waals surface area contributed by atoms with Gasteiger partial charge in [0.25, 0.3) is 0 Å². The minimum Gasteiger partial charge on any atom is -0.401 e. The monoisotopic (exact) mass is 173 g/mol. The summed E-state index contributed by atoms with van der Waals surface area (Å²) in [5, 5.41) is 0. The van der Waals surface area contributed by atoms with Crippen LogP contribution < -0.4 is 10.6 Å². The molecule has 0 unspecified atom stereocenters. The topological polar surface area (TPSA) is 42.1 Å². The molecule has 1 aliphatic heterocycles. The zero-order valence-electron chi connectivity index (χ0n) is 7.22. The molecule has 0 radical (unpaired) electrons. The first-order valence-electron chi connectivity index (χ1n) is 4.16. The summed E-state index contributed by atoms with van der Waals surface area (Å²) in [4.78, 5) is 6.11. The Morgan fingerprint density at radius 3 is 3.08 bits per heavy atom. The molecule has 1 aromatic heterocycles. The van der Waals surface area contributed by atoms with E-state index in [0.717, 1.165) is 17.9 Å². The van der Waals surface area contributed by atoms with Crippen LogP contribution in [-0.2, 0) is 0 Å². The van der Waals surface area contributed by atoms with Crippen molar-refractivity contribution in [2.75, 3.05) is 11.4 Å². The number of nitrogens with two attached hydrogens (primary N) is 1. The fourth-order valence-corrected chi connectivity index (χ4v) is 1.27. The molecule has 1 aromatic rings. The van der Waals surface area contributed by atoms with Gasteiger partial charge in [-0.3, -0.25) is 4.98 Å². The minimum atomic E-state index is 0.738. The van der Waals surface area contributed by atoms with Crippen molar-refractivity contribution in [3.8, 4) is 0 Å². The van der Waals surface area contributed by atoms with E-state index in [1.54, 1.807) is 6.20 Å². The smallest absolute Gasteiger partial charge is 0.0621 e. The number of aromatic nitrogens is 1. The maximum absolute atomic E-state index is 5.71. The Kier molecular flexibility index (Phi) is 2.00. The standard InChI is InChI=1S/C10H11N3/c11-9-3-2-6-13(8-9)10-4-1-5-12-7-10/h1-7H,8,11H2. The zero-order chi connectivity index (χ0) is 9.10. The van der Waals surface area contributed by atoms with Crippen LogP contribution in [0.5, 0.6) is 0 Å². The van der Waals surface area contributed by atoms with Crippen molar-refractivity contribution in [2.24, 2.45) is 5.73 Å². The van der Waals surface area contributed by atoms with E-state index in [2.05, 4.69) is 9.88 Å². The zero-order valence-corrected chi connectivity index (χ0v) is 7.22. The van der Waals surface area contributed by atoms with Crippen LogP contribution in [0.15, 0.2) is 48.6 Å². The lowest BCUT2D eigenvalue weighted by Crippen LogP contribution is -2.24. The van der Waals surface area contributed by atoms with E-state index in [1.807, 2.05) is 36.7 Å². The molecule has 3 nitrogen and oxygen atoms in total. The van der Waals surface area contributed by atoms with E-state index in [-0.39, 0.29) is 0 Å². The quantitative estimate of drug-likeness (QED) is 0.695. The molecule has 0 spiro atoms. The molecule has 66 valence electrons. The van der Waals surface area contributed by atoms with Crippen LogP contribution in [0.25, 0.3) is 0 Å². The first-order valence-corrected chi connectivity index (χ1v) is 4.16. The second-order valence-corrected chi connectivity index (χ2v) is 2.92. The number of hydrogen-bond acceptors (Lipinski definition) is 3. The van der Waals surface area contributed by atoms with Crippen LogP contribution in [0, 0.1) is 0 Å². The van der Waals surface area contributed by atoms with Gasteiger partial charge in [0.1, 0.15) is 0 Å². The highest BCUT2D eigenvalue weighted by molar-refractivity contribution is 5.50. The Morgan fingerprint density at radius 1 is 1.46 bits per heavy atom. The van der Waals surface area contributed by atoms with Gasteiger partial charge in [-0.25, -0.2) is 0 Å².